The highest BCUT2D eigenvalue weighted by Crippen LogP contribution is 2.41. The number of rotatable bonds is 9. The van der Waals surface area contributed by atoms with Crippen LogP contribution in [0.25, 0.3) is 0 Å². The second-order valence-corrected chi connectivity index (χ2v) is 9.80. The van der Waals surface area contributed by atoms with Gasteiger partial charge in [0, 0.05) is 17.3 Å². The van der Waals surface area contributed by atoms with E-state index in [0.29, 0.717) is 40.1 Å². The molecule has 3 heterocycles. The first-order valence-corrected chi connectivity index (χ1v) is 12.5. The molecule has 3 aromatic heterocycles. The van der Waals surface area contributed by atoms with E-state index in [1.807, 2.05) is 13.0 Å². The number of pyridine rings is 2. The topological polar surface area (TPSA) is 132 Å². The first-order valence-electron chi connectivity index (χ1n) is 12.1. The third-order valence-corrected chi connectivity index (χ3v) is 6.83. The van der Waals surface area contributed by atoms with Crippen molar-refractivity contribution in [2.75, 3.05) is 31.0 Å². The van der Waals surface area contributed by atoms with Crippen LogP contribution in [0.4, 0.5) is 22.0 Å². The summed E-state index contributed by atoms with van der Waals surface area (Å²) in [5.41, 5.74) is 3.23. The van der Waals surface area contributed by atoms with Crippen LogP contribution in [-0.2, 0) is 0 Å². The molecule has 0 bridgehead atoms. The SMILES string of the molecule is COc1nc(C)c(Nc2nc(Cl)cn([C@H](CN(C(=O)O)c3cc(C)c(OC)nc3C)C3CC3)c2=O)cc1C. The number of carbonyl (C=O) groups is 1. The van der Waals surface area contributed by atoms with Crippen LogP contribution < -0.4 is 25.2 Å². The Balaban J connectivity index is 1.73. The zero-order valence-corrected chi connectivity index (χ0v) is 23.0. The summed E-state index contributed by atoms with van der Waals surface area (Å²) in [4.78, 5) is 40.3. The molecular formula is C26H31ClN6O5. The molecule has 3 aromatic rings. The normalized spacial score (nSPS) is 13.7. The van der Waals surface area contributed by atoms with E-state index in [9.17, 15) is 14.7 Å². The Labute approximate surface area is 225 Å². The Kier molecular flexibility index (Phi) is 7.77. The highest BCUT2D eigenvalue weighted by atomic mass is 35.5. The van der Waals surface area contributed by atoms with Gasteiger partial charge in [-0.15, -0.1) is 0 Å². The van der Waals surface area contributed by atoms with E-state index in [-0.39, 0.29) is 23.4 Å². The average Bonchev–Trinajstić information content (AvgIpc) is 3.70. The summed E-state index contributed by atoms with van der Waals surface area (Å²) < 4.78 is 12.0. The number of hydrogen-bond acceptors (Lipinski definition) is 8. The summed E-state index contributed by atoms with van der Waals surface area (Å²) in [7, 11) is 3.06. The lowest BCUT2D eigenvalue weighted by Crippen LogP contribution is -2.40. The average molecular weight is 543 g/mol. The molecular weight excluding hydrogens is 512 g/mol. The maximum absolute atomic E-state index is 13.7. The predicted molar refractivity (Wildman–Crippen MR) is 144 cm³/mol. The number of amides is 1. The Morgan fingerprint density at radius 3 is 2.29 bits per heavy atom. The van der Waals surface area contributed by atoms with Gasteiger partial charge in [-0.25, -0.2) is 19.7 Å². The van der Waals surface area contributed by atoms with Gasteiger partial charge in [-0.05, 0) is 58.6 Å². The quantitative estimate of drug-likeness (QED) is 0.390. The molecule has 2 N–H and O–H groups in total. The molecule has 202 valence electrons. The van der Waals surface area contributed by atoms with Crippen LogP contribution in [0, 0.1) is 33.6 Å². The largest absolute Gasteiger partial charge is 0.481 e. The lowest BCUT2D eigenvalue weighted by molar-refractivity contribution is 0.199. The Hall–Kier alpha value is -3.86. The number of aryl methyl sites for hydroxylation is 4. The van der Waals surface area contributed by atoms with E-state index < -0.39 is 17.7 Å². The molecule has 0 spiro atoms. The molecule has 1 aliphatic rings. The lowest BCUT2D eigenvalue weighted by atomic mass is 10.1. The van der Waals surface area contributed by atoms with E-state index in [2.05, 4.69) is 20.3 Å². The molecule has 0 radical (unpaired) electrons. The number of ether oxygens (including phenoxy) is 2. The van der Waals surface area contributed by atoms with E-state index >= 15 is 0 Å². The summed E-state index contributed by atoms with van der Waals surface area (Å²) >= 11 is 6.37. The van der Waals surface area contributed by atoms with Gasteiger partial charge in [-0.2, -0.15) is 0 Å². The summed E-state index contributed by atoms with van der Waals surface area (Å²) in [6.45, 7) is 7.20. The van der Waals surface area contributed by atoms with Gasteiger partial charge in [0.1, 0.15) is 5.15 Å². The third kappa shape index (κ3) is 5.52. The molecule has 1 saturated carbocycles. The van der Waals surface area contributed by atoms with Crippen LogP contribution in [0.3, 0.4) is 0 Å². The van der Waals surface area contributed by atoms with Crippen LogP contribution in [0.1, 0.15) is 41.4 Å². The Morgan fingerprint density at radius 2 is 1.71 bits per heavy atom. The molecule has 1 amide bonds. The van der Waals surface area contributed by atoms with Crippen molar-refractivity contribution in [3.8, 4) is 11.8 Å². The summed E-state index contributed by atoms with van der Waals surface area (Å²) in [5.74, 6) is 1.06. The summed E-state index contributed by atoms with van der Waals surface area (Å²) in [5, 5.41) is 13.3. The fourth-order valence-electron chi connectivity index (χ4n) is 4.51. The van der Waals surface area contributed by atoms with Crippen molar-refractivity contribution in [2.24, 2.45) is 5.92 Å². The van der Waals surface area contributed by atoms with E-state index in [1.54, 1.807) is 33.9 Å². The van der Waals surface area contributed by atoms with Crippen molar-refractivity contribution in [1.29, 1.82) is 0 Å². The van der Waals surface area contributed by atoms with Gasteiger partial charge in [0.25, 0.3) is 5.56 Å². The molecule has 1 fully saturated rings. The molecule has 0 aliphatic heterocycles. The maximum atomic E-state index is 13.7. The number of hydrogen-bond donors (Lipinski definition) is 2. The van der Waals surface area contributed by atoms with Crippen molar-refractivity contribution in [2.45, 2.75) is 46.6 Å². The van der Waals surface area contributed by atoms with Gasteiger partial charge in [0.2, 0.25) is 11.8 Å². The highest BCUT2D eigenvalue weighted by Gasteiger charge is 2.37. The van der Waals surface area contributed by atoms with Crippen LogP contribution in [-0.4, -0.2) is 51.5 Å². The van der Waals surface area contributed by atoms with Crippen LogP contribution in [0.2, 0.25) is 5.15 Å². The van der Waals surface area contributed by atoms with Gasteiger partial charge in [0.15, 0.2) is 5.82 Å². The van der Waals surface area contributed by atoms with Crippen molar-refractivity contribution >= 4 is 34.9 Å². The van der Waals surface area contributed by atoms with Crippen molar-refractivity contribution in [3.63, 3.8) is 0 Å². The van der Waals surface area contributed by atoms with Crippen LogP contribution >= 0.6 is 11.6 Å². The number of nitrogens with zero attached hydrogens (tertiary/aromatic N) is 5. The number of anilines is 3. The fraction of sp³-hybridized carbons (Fsp3) is 0.423. The highest BCUT2D eigenvalue weighted by molar-refractivity contribution is 6.29. The number of methoxy groups -OCH3 is 2. The molecule has 38 heavy (non-hydrogen) atoms. The van der Waals surface area contributed by atoms with Gasteiger partial charge >= 0.3 is 6.09 Å². The zero-order valence-electron chi connectivity index (χ0n) is 22.2. The maximum Gasteiger partial charge on any atom is 0.411 e. The first-order chi connectivity index (χ1) is 18.0. The zero-order chi connectivity index (χ0) is 27.7. The molecule has 12 heteroatoms. The van der Waals surface area contributed by atoms with Crippen molar-refractivity contribution in [3.05, 3.63) is 56.4 Å². The smallest absolute Gasteiger partial charge is 0.411 e. The second-order valence-electron chi connectivity index (χ2n) is 9.41. The number of halogens is 1. The van der Waals surface area contributed by atoms with E-state index in [4.69, 9.17) is 21.1 Å². The van der Waals surface area contributed by atoms with E-state index in [1.165, 1.54) is 22.8 Å². The predicted octanol–water partition coefficient (Wildman–Crippen LogP) is 4.82. The lowest BCUT2D eigenvalue weighted by Gasteiger charge is -2.28. The Bertz CT molecular complexity index is 1440. The monoisotopic (exact) mass is 542 g/mol. The standard InChI is InChI=1S/C26H31ClN6O5/c1-13-9-18(15(3)28-23(13)37-5)30-22-25(34)32(12-21(27)31-22)20(17-7-8-17)11-33(26(35)36)19-10-14(2)24(38-6)29-16(19)4/h9-10,12,17,20H,7-8,11H2,1-6H3,(H,30,31)(H,35,36)/t20-/m1/s1. The van der Waals surface area contributed by atoms with Gasteiger partial charge in [-0.1, -0.05) is 11.6 Å². The van der Waals surface area contributed by atoms with E-state index in [0.717, 1.165) is 18.4 Å². The summed E-state index contributed by atoms with van der Waals surface area (Å²) in [6.07, 6.45) is 2.05. The van der Waals surface area contributed by atoms with Crippen LogP contribution in [0.15, 0.2) is 23.1 Å². The molecule has 1 aliphatic carbocycles. The number of aromatic nitrogens is 4. The fourth-order valence-corrected chi connectivity index (χ4v) is 4.70. The summed E-state index contributed by atoms with van der Waals surface area (Å²) in [6, 6.07) is 3.09. The van der Waals surface area contributed by atoms with Gasteiger partial charge < -0.3 is 24.5 Å². The molecule has 0 unspecified atom stereocenters. The molecule has 4 rings (SSSR count). The molecule has 1 atom stereocenters. The van der Waals surface area contributed by atoms with Gasteiger partial charge in [-0.3, -0.25) is 9.69 Å². The molecule has 11 nitrogen and oxygen atoms in total. The third-order valence-electron chi connectivity index (χ3n) is 6.64. The first kappa shape index (κ1) is 27.2. The molecule has 0 aromatic carbocycles. The second kappa shape index (κ2) is 10.9. The number of nitrogens with one attached hydrogen (secondary N) is 1. The van der Waals surface area contributed by atoms with Crippen molar-refractivity contribution < 1.29 is 19.4 Å². The number of carboxylic acid groups (broad SMARTS) is 1. The minimum atomic E-state index is -1.15. The molecule has 0 saturated heterocycles. The van der Waals surface area contributed by atoms with Crippen molar-refractivity contribution in [1.82, 2.24) is 19.5 Å². The Morgan fingerprint density at radius 1 is 1.11 bits per heavy atom. The minimum Gasteiger partial charge on any atom is -0.481 e. The van der Waals surface area contributed by atoms with Gasteiger partial charge in [0.05, 0.1) is 49.6 Å². The minimum absolute atomic E-state index is 0.0256. The van der Waals surface area contributed by atoms with Crippen LogP contribution in [0.5, 0.6) is 11.8 Å².